The van der Waals surface area contributed by atoms with E-state index in [9.17, 15) is 17.6 Å². The summed E-state index contributed by atoms with van der Waals surface area (Å²) in [5.74, 6) is -1.35. The Morgan fingerprint density at radius 1 is 1.45 bits per heavy atom. The third-order valence-corrected chi connectivity index (χ3v) is 5.07. The molecule has 110 valence electrons. The van der Waals surface area contributed by atoms with E-state index < -0.39 is 25.7 Å². The Labute approximate surface area is 129 Å². The zero-order valence-corrected chi connectivity index (χ0v) is 13.5. The summed E-state index contributed by atoms with van der Waals surface area (Å²) in [5.41, 5.74) is -0.335. The predicted molar refractivity (Wildman–Crippen MR) is 76.8 cm³/mol. The van der Waals surface area contributed by atoms with Crippen LogP contribution in [0, 0.1) is 11.7 Å². The number of benzene rings is 1. The number of carbonyl (C=O) groups is 1. The van der Waals surface area contributed by atoms with Gasteiger partial charge in [0.2, 0.25) is 0 Å². The molecular formula is C12H12BrClFNO3S. The summed E-state index contributed by atoms with van der Waals surface area (Å²) in [6, 6.07) is 2.26. The van der Waals surface area contributed by atoms with Gasteiger partial charge in [0.25, 0.3) is 15.0 Å². The second-order valence-electron chi connectivity index (χ2n) is 4.71. The van der Waals surface area contributed by atoms with Crippen molar-refractivity contribution >= 4 is 41.6 Å². The summed E-state index contributed by atoms with van der Waals surface area (Å²) < 4.78 is 36.9. The van der Waals surface area contributed by atoms with Crippen LogP contribution in [0.3, 0.4) is 0 Å². The average Bonchev–Trinajstić information content (AvgIpc) is 2.28. The minimum absolute atomic E-state index is 0.270. The number of hydrogen-bond donors (Lipinski definition) is 1. The average molecular weight is 385 g/mol. The number of hydrogen-bond acceptors (Lipinski definition) is 3. The Bertz CT molecular complexity index is 646. The molecule has 0 spiro atoms. The predicted octanol–water partition coefficient (Wildman–Crippen LogP) is 3.05. The van der Waals surface area contributed by atoms with E-state index in [4.69, 9.17) is 10.7 Å². The molecule has 1 aromatic rings. The van der Waals surface area contributed by atoms with Crippen molar-refractivity contribution in [2.45, 2.75) is 24.2 Å². The first-order valence-electron chi connectivity index (χ1n) is 6.01. The summed E-state index contributed by atoms with van der Waals surface area (Å²) in [7, 11) is 0.902. The lowest BCUT2D eigenvalue weighted by atomic mass is 9.85. The normalized spacial score (nSPS) is 15.8. The fraction of sp³-hybridized carbons (Fsp3) is 0.417. The summed E-state index contributed by atoms with van der Waals surface area (Å²) >= 11 is 3.04. The molecule has 1 N–H and O–H groups in total. The lowest BCUT2D eigenvalue weighted by Crippen LogP contribution is -2.32. The van der Waals surface area contributed by atoms with Crippen LogP contribution in [0.2, 0.25) is 0 Å². The van der Waals surface area contributed by atoms with E-state index in [2.05, 4.69) is 21.2 Å². The van der Waals surface area contributed by atoms with Crippen LogP contribution in [0.1, 0.15) is 29.6 Å². The Morgan fingerprint density at radius 3 is 2.60 bits per heavy atom. The van der Waals surface area contributed by atoms with Gasteiger partial charge in [0.1, 0.15) is 4.90 Å². The second-order valence-corrected chi connectivity index (χ2v) is 8.16. The Morgan fingerprint density at radius 2 is 2.10 bits per heavy atom. The number of amides is 1. The summed E-state index contributed by atoms with van der Waals surface area (Å²) in [4.78, 5) is 11.2. The molecule has 1 amide bonds. The van der Waals surface area contributed by atoms with Crippen molar-refractivity contribution in [1.29, 1.82) is 0 Å². The highest BCUT2D eigenvalue weighted by Crippen LogP contribution is 2.27. The molecule has 0 atom stereocenters. The molecule has 8 heteroatoms. The molecular weight excluding hydrogens is 373 g/mol. The molecule has 20 heavy (non-hydrogen) atoms. The van der Waals surface area contributed by atoms with Gasteiger partial charge in [-0.05, 0) is 30.9 Å². The van der Waals surface area contributed by atoms with Gasteiger partial charge in [0, 0.05) is 21.7 Å². The highest BCUT2D eigenvalue weighted by molar-refractivity contribution is 9.10. The van der Waals surface area contributed by atoms with Crippen LogP contribution in [-0.2, 0) is 9.05 Å². The van der Waals surface area contributed by atoms with Gasteiger partial charge in [0.05, 0.1) is 5.56 Å². The number of nitrogens with one attached hydrogen (secondary N) is 1. The van der Waals surface area contributed by atoms with E-state index in [0.717, 1.165) is 25.3 Å². The summed E-state index contributed by atoms with van der Waals surface area (Å²) in [5, 5.41) is 2.61. The fourth-order valence-corrected chi connectivity index (χ4v) is 3.47. The van der Waals surface area contributed by atoms with Crippen LogP contribution in [0.5, 0.6) is 0 Å². The van der Waals surface area contributed by atoms with Crippen molar-refractivity contribution in [3.63, 3.8) is 0 Å². The van der Waals surface area contributed by atoms with Crippen LogP contribution in [0.15, 0.2) is 21.5 Å². The Balaban J connectivity index is 2.26. The smallest absolute Gasteiger partial charge is 0.264 e. The fourth-order valence-electron chi connectivity index (χ4n) is 1.94. The Hall–Kier alpha value is -0.660. The molecule has 1 aliphatic carbocycles. The molecule has 1 aliphatic rings. The first-order chi connectivity index (χ1) is 9.29. The van der Waals surface area contributed by atoms with Crippen LogP contribution >= 0.6 is 26.6 Å². The molecule has 0 aliphatic heterocycles. The first kappa shape index (κ1) is 15.7. The van der Waals surface area contributed by atoms with Crippen molar-refractivity contribution in [2.24, 2.45) is 5.92 Å². The van der Waals surface area contributed by atoms with E-state index >= 15 is 0 Å². The molecule has 0 bridgehead atoms. The van der Waals surface area contributed by atoms with Crippen molar-refractivity contribution in [3.05, 3.63) is 28.0 Å². The Kier molecular flexibility index (Phi) is 4.71. The lowest BCUT2D eigenvalue weighted by molar-refractivity contribution is 0.0934. The standard InChI is InChI=1S/C12H12BrClFNO3S/c13-8-4-9(11(15)10(5-8)20(14,18)19)12(17)16-6-7-2-1-3-7/h4-5,7H,1-3,6H2,(H,16,17). The van der Waals surface area contributed by atoms with Gasteiger partial charge in [-0.1, -0.05) is 22.4 Å². The minimum Gasteiger partial charge on any atom is -0.352 e. The second kappa shape index (κ2) is 5.99. The maximum atomic E-state index is 14.1. The van der Waals surface area contributed by atoms with Crippen molar-refractivity contribution < 1.29 is 17.6 Å². The monoisotopic (exact) mass is 383 g/mol. The van der Waals surface area contributed by atoms with Gasteiger partial charge in [-0.3, -0.25) is 4.79 Å². The van der Waals surface area contributed by atoms with E-state index in [1.54, 1.807) is 0 Å². The van der Waals surface area contributed by atoms with E-state index in [-0.39, 0.29) is 10.0 Å². The topological polar surface area (TPSA) is 63.2 Å². The van der Waals surface area contributed by atoms with Crippen LogP contribution in [0.25, 0.3) is 0 Å². The maximum absolute atomic E-state index is 14.1. The van der Waals surface area contributed by atoms with Crippen molar-refractivity contribution in [3.8, 4) is 0 Å². The third kappa shape index (κ3) is 3.51. The van der Waals surface area contributed by atoms with Crippen molar-refractivity contribution in [2.75, 3.05) is 6.54 Å². The van der Waals surface area contributed by atoms with Crippen LogP contribution < -0.4 is 5.32 Å². The number of carbonyl (C=O) groups excluding carboxylic acids is 1. The third-order valence-electron chi connectivity index (χ3n) is 3.29. The van der Waals surface area contributed by atoms with Crippen LogP contribution in [-0.4, -0.2) is 20.9 Å². The van der Waals surface area contributed by atoms with E-state index in [1.165, 1.54) is 6.07 Å². The molecule has 1 saturated carbocycles. The maximum Gasteiger partial charge on any atom is 0.264 e. The zero-order chi connectivity index (χ0) is 14.9. The first-order valence-corrected chi connectivity index (χ1v) is 9.11. The lowest BCUT2D eigenvalue weighted by Gasteiger charge is -2.25. The molecule has 2 rings (SSSR count). The largest absolute Gasteiger partial charge is 0.352 e. The number of halogens is 3. The molecule has 0 saturated heterocycles. The van der Waals surface area contributed by atoms with Gasteiger partial charge < -0.3 is 5.32 Å². The highest BCUT2D eigenvalue weighted by Gasteiger charge is 2.24. The molecule has 0 heterocycles. The molecule has 4 nitrogen and oxygen atoms in total. The van der Waals surface area contributed by atoms with E-state index in [0.29, 0.717) is 12.5 Å². The van der Waals surface area contributed by atoms with Gasteiger partial charge in [-0.15, -0.1) is 0 Å². The molecule has 0 aromatic heterocycles. The van der Waals surface area contributed by atoms with Gasteiger partial charge >= 0.3 is 0 Å². The highest BCUT2D eigenvalue weighted by atomic mass is 79.9. The van der Waals surface area contributed by atoms with E-state index in [1.807, 2.05) is 0 Å². The SMILES string of the molecule is O=C(NCC1CCC1)c1cc(Br)cc(S(=O)(=O)Cl)c1F. The zero-order valence-electron chi connectivity index (χ0n) is 10.3. The number of rotatable bonds is 4. The molecule has 0 radical (unpaired) electrons. The molecule has 1 fully saturated rings. The quantitative estimate of drug-likeness (QED) is 0.812. The van der Waals surface area contributed by atoms with Gasteiger partial charge in [-0.2, -0.15) is 0 Å². The minimum atomic E-state index is -4.25. The summed E-state index contributed by atoms with van der Waals surface area (Å²) in [6.45, 7) is 0.466. The van der Waals surface area contributed by atoms with Gasteiger partial charge in [0.15, 0.2) is 5.82 Å². The van der Waals surface area contributed by atoms with Crippen molar-refractivity contribution in [1.82, 2.24) is 5.32 Å². The molecule has 0 unspecified atom stereocenters. The van der Waals surface area contributed by atoms with Crippen LogP contribution in [0.4, 0.5) is 4.39 Å². The van der Waals surface area contributed by atoms with Gasteiger partial charge in [-0.25, -0.2) is 12.8 Å². The molecule has 1 aromatic carbocycles. The summed E-state index contributed by atoms with van der Waals surface area (Å²) in [6.07, 6.45) is 3.23.